The molecule has 2 fully saturated rings. The number of benzene rings is 4. The van der Waals surface area contributed by atoms with E-state index in [2.05, 4.69) is 73.1 Å². The molecule has 0 unspecified atom stereocenters. The number of Topliss-reactive ketones (excluding diaryl/α,β-unsaturated/α-hetero) is 1. The number of H-pyrrole nitrogens is 2. The first-order chi connectivity index (χ1) is 65.0. The Balaban J connectivity index is 1.02. The summed E-state index contributed by atoms with van der Waals surface area (Å²) in [5.41, 5.74) is 6.65. The van der Waals surface area contributed by atoms with E-state index >= 15 is 62.3 Å². The van der Waals surface area contributed by atoms with Gasteiger partial charge in [0.25, 0.3) is 0 Å². The fourth-order valence-corrected chi connectivity index (χ4v) is 18.9. The monoisotopic (exact) mass is 1950 g/mol. The number of halogens is 3. The summed E-state index contributed by atoms with van der Waals surface area (Å²) in [6, 6.07) is 2.84. The number of nitrogens with one attached hydrogen (secondary N) is 12. The van der Waals surface area contributed by atoms with E-state index in [9.17, 15) is 41.4 Å². The molecule has 4 aromatic heterocycles. The lowest BCUT2D eigenvalue weighted by Gasteiger charge is -2.35. The molecule has 734 valence electrons. The molecule has 8 aromatic rings. The maximum atomic E-state index is 15.9. The average molecular weight is 1950 g/mol. The summed E-state index contributed by atoms with van der Waals surface area (Å²) in [7, 11) is -1.68. The Bertz CT molecular complexity index is 5890. The largest absolute Gasteiger partial charge is 0.480 e. The molecule has 42 heteroatoms. The van der Waals surface area contributed by atoms with Crippen molar-refractivity contribution in [1.29, 1.82) is 0 Å². The van der Waals surface area contributed by atoms with Gasteiger partial charge in [-0.3, -0.25) is 67.1 Å². The number of aliphatic hydroxyl groups excluding tert-OH is 1. The number of sulfone groups is 1. The molecule has 2 saturated heterocycles. The number of aliphatic hydroxyl groups is 1. The maximum Gasteiger partial charge on any atom is 0.416 e. The fraction of sp³-hybridized carbons (Fsp3) is 0.463. The number of alkyl halides is 3. The average Bonchev–Trinajstić information content (AvgIpc) is 1.70. The van der Waals surface area contributed by atoms with Gasteiger partial charge >= 0.3 is 12.1 Å². The van der Waals surface area contributed by atoms with Crippen LogP contribution in [0.1, 0.15) is 138 Å². The number of fused-ring (bicyclic) bond motifs is 4. The Kier molecular flexibility index (Phi) is 35.5. The van der Waals surface area contributed by atoms with Crippen molar-refractivity contribution in [3.63, 3.8) is 0 Å². The zero-order valence-electron chi connectivity index (χ0n) is 77.3. The predicted molar refractivity (Wildman–Crippen MR) is 502 cm³/mol. The second kappa shape index (κ2) is 46.6. The number of rotatable bonds is 27. The van der Waals surface area contributed by atoms with Gasteiger partial charge in [-0.1, -0.05) is 127 Å². The highest BCUT2D eigenvalue weighted by atomic mass is 32.2. The van der Waals surface area contributed by atoms with Gasteiger partial charge in [0.05, 0.1) is 52.8 Å². The Labute approximate surface area is 797 Å². The van der Waals surface area contributed by atoms with Gasteiger partial charge in [-0.25, -0.2) is 23.2 Å². The zero-order valence-corrected chi connectivity index (χ0v) is 79.8. The summed E-state index contributed by atoms with van der Waals surface area (Å²) in [4.78, 5) is 246. The molecule has 6 heterocycles. The van der Waals surface area contributed by atoms with Crippen LogP contribution in [0, 0.1) is 23.7 Å². The molecule has 14 N–H and O–H groups in total. The molecule has 15 atom stereocenters. The number of aliphatic carboxylic acids is 1. The van der Waals surface area contributed by atoms with E-state index in [1.807, 2.05) is 24.3 Å². The predicted octanol–water partition coefficient (Wildman–Crippen LogP) is 4.49. The molecule has 36 nitrogen and oxygen atoms in total. The summed E-state index contributed by atoms with van der Waals surface area (Å²) in [5, 5.41) is 50.8. The quantitative estimate of drug-likeness (QED) is 0.0337. The van der Waals surface area contributed by atoms with Gasteiger partial charge in [-0.05, 0) is 114 Å². The van der Waals surface area contributed by atoms with Crippen LogP contribution in [0.15, 0.2) is 137 Å². The number of nitrogens with zero attached hydrogens (tertiary/aromatic N) is 5. The van der Waals surface area contributed by atoms with E-state index in [1.54, 1.807) is 99.2 Å². The second-order valence-electron chi connectivity index (χ2n) is 35.8. The lowest BCUT2D eigenvalue weighted by atomic mass is 9.88. The Hall–Kier alpha value is -13.1. The third-order valence-electron chi connectivity index (χ3n) is 25.2. The standard InChI is InChI=1S/C95H116F3N17O19S3/c1-11-52(6)81-93(130)115-33-18-25-74(115)86(123)111-80(51(4)5)90(127)106-70(36-56-29-28-55-19-12-13-20-63(55)56)84(121)105-69(37-58-43-99-66-23-16-14-21-64(58)66)77(117)39-57(35-54-26-30-60(31-27-54)95(96,97)98)82(119)104-68(32-34-137(10,133)134)83(120)110-79(50(2)3)89(126)107-71(42-78(118)103-53(7)91(128)113(8)76(88(125)112-81)41-62-47-136-49-102-62)85(122)108-72(38-59-44-100-67-24-17-15-22-65(59)67)92(129)114(9)75(40-61-46-135-48-101-61)87(124)109-73(45-116)94(131)132/h12-17,19-24,26-27,29-31,43-44,46-53,57,68-76,79-81,99-100,116H,11,18,25,28,32-42,45H2,1-10H3,(H,103,118)(H,104,119)(H,105,121)(H,106,127)(H,107,126)(H,108,122)(H,109,124)(H,110,120)(H,111,123)(H,112,125)(H,131,132)/t52-,53-,57+,68-,69-,70-,71-,72-,73-,74-,75-,76-,79-,80-,81-/m0/s1. The van der Waals surface area contributed by atoms with Crippen LogP contribution >= 0.6 is 22.7 Å². The summed E-state index contributed by atoms with van der Waals surface area (Å²) in [5.74, 6) is -21.0. The highest BCUT2D eigenvalue weighted by Gasteiger charge is 2.46. The van der Waals surface area contributed by atoms with Crippen LogP contribution in [-0.2, 0) is 126 Å². The van der Waals surface area contributed by atoms with Crippen molar-refractivity contribution in [2.24, 2.45) is 23.7 Å². The smallest absolute Gasteiger partial charge is 0.416 e. The van der Waals surface area contributed by atoms with Crippen LogP contribution in [-0.4, -0.2) is 260 Å². The first-order valence-electron chi connectivity index (χ1n) is 45.2. The highest BCUT2D eigenvalue weighted by Crippen LogP contribution is 2.34. The number of allylic oxidation sites excluding steroid dienone is 1. The van der Waals surface area contributed by atoms with Gasteiger partial charge in [0, 0.05) is 116 Å². The van der Waals surface area contributed by atoms with E-state index in [0.717, 1.165) is 62.8 Å². The van der Waals surface area contributed by atoms with E-state index < -0.39 is 257 Å². The van der Waals surface area contributed by atoms with Crippen LogP contribution in [0.4, 0.5) is 13.2 Å². The number of hydrogen-bond acceptors (Lipinski definition) is 22. The van der Waals surface area contributed by atoms with Gasteiger partial charge in [-0.15, -0.1) is 22.7 Å². The molecule has 0 bridgehead atoms. The summed E-state index contributed by atoms with van der Waals surface area (Å²) < 4.78 is 69.5. The zero-order chi connectivity index (χ0) is 99.6. The number of thiazole rings is 2. The van der Waals surface area contributed by atoms with E-state index in [0.29, 0.717) is 50.6 Å². The number of carbonyl (C=O) groups excluding carboxylic acids is 14. The van der Waals surface area contributed by atoms with Gasteiger partial charge < -0.3 is 88.0 Å². The van der Waals surface area contributed by atoms with Gasteiger partial charge in [0.1, 0.15) is 82.3 Å². The van der Waals surface area contributed by atoms with Crippen LogP contribution in [0.5, 0.6) is 0 Å². The van der Waals surface area contributed by atoms with Crippen molar-refractivity contribution in [2.45, 2.75) is 217 Å². The van der Waals surface area contributed by atoms with E-state index in [4.69, 9.17) is 0 Å². The van der Waals surface area contributed by atoms with Crippen molar-refractivity contribution >= 4 is 148 Å². The topological polar surface area (TPSA) is 518 Å². The molecule has 3 aliphatic rings. The second-order valence-corrected chi connectivity index (χ2v) is 39.5. The lowest BCUT2D eigenvalue weighted by Crippen LogP contribution is -2.62. The van der Waals surface area contributed by atoms with Crippen LogP contribution in [0.2, 0.25) is 0 Å². The number of hydrogen-bond donors (Lipinski definition) is 14. The molecular weight excluding hydrogens is 1840 g/mol. The number of carboxylic acid groups (broad SMARTS) is 1. The number of amides is 13. The third kappa shape index (κ3) is 27.2. The minimum Gasteiger partial charge on any atom is -0.480 e. The Morgan fingerprint density at radius 3 is 1.82 bits per heavy atom. The van der Waals surface area contributed by atoms with Crippen molar-refractivity contribution in [3.8, 4) is 0 Å². The van der Waals surface area contributed by atoms with Crippen molar-refractivity contribution < 1.29 is 104 Å². The van der Waals surface area contributed by atoms with Crippen molar-refractivity contribution in [1.82, 2.24) is 87.8 Å². The number of carboxylic acids is 1. The van der Waals surface area contributed by atoms with Gasteiger partial charge in [0.2, 0.25) is 76.8 Å². The SMILES string of the molecule is CC[C@H](C)[C@@H]1NC(=O)[C@H](Cc2cscn2)N(C)C(=O)[C@H](C)NC(=O)C[C@@H](C(=O)N[C@@H](Cc2c[nH]c3ccccc23)C(=O)N(C)[C@@H](Cc2cscn2)C(=O)N[C@@H](CO)C(=O)O)NC(=O)[C@H](C(C)C)NC(=O)[C@H](CCS(C)(=O)=O)NC(=O)[C@H](Cc2ccc(C(F)(F)F)cc2)CC(=O)[C@H](Cc2c[nH]c3ccccc23)NC(=O)[C@H](CC2=CCc3ccccc32)NC(=O)[C@H](C(C)C)NC(=O)[C@@H]2CCCN2C1=O. The molecule has 4 aromatic carbocycles. The Morgan fingerprint density at radius 1 is 0.628 bits per heavy atom. The van der Waals surface area contributed by atoms with Gasteiger partial charge in [0.15, 0.2) is 5.78 Å². The maximum absolute atomic E-state index is 15.9. The highest BCUT2D eigenvalue weighted by molar-refractivity contribution is 7.90. The van der Waals surface area contributed by atoms with Crippen LogP contribution in [0.25, 0.3) is 27.4 Å². The molecule has 11 rings (SSSR count). The number of para-hydroxylation sites is 2. The fourth-order valence-electron chi connectivity index (χ4n) is 17.1. The van der Waals surface area contributed by atoms with Crippen molar-refractivity contribution in [2.75, 3.05) is 39.3 Å². The number of carbonyl (C=O) groups is 15. The minimum atomic E-state index is -4.85. The molecule has 13 amide bonds. The molecule has 1 aliphatic carbocycles. The Morgan fingerprint density at radius 2 is 1.21 bits per heavy atom. The van der Waals surface area contributed by atoms with Crippen LogP contribution in [0.3, 0.4) is 0 Å². The van der Waals surface area contributed by atoms with E-state index in [1.165, 1.54) is 68.3 Å². The third-order valence-corrected chi connectivity index (χ3v) is 27.4. The molecule has 0 spiro atoms. The minimum absolute atomic E-state index is 0.00141. The normalized spacial score (nSPS) is 22.6. The number of ketones is 1. The van der Waals surface area contributed by atoms with Gasteiger partial charge in [-0.2, -0.15) is 13.2 Å². The molecule has 0 radical (unpaired) electrons. The summed E-state index contributed by atoms with van der Waals surface area (Å²) in [6.45, 7) is 9.75. The van der Waals surface area contributed by atoms with Crippen molar-refractivity contribution in [3.05, 3.63) is 182 Å². The molecule has 2 aliphatic heterocycles. The lowest BCUT2D eigenvalue weighted by molar-refractivity contribution is -0.146. The number of aromatic amines is 2. The molecule has 0 saturated carbocycles. The first kappa shape index (κ1) is 104. The van der Waals surface area contributed by atoms with Crippen LogP contribution < -0.4 is 53.2 Å². The number of likely N-dealkylation sites (N-methyl/N-ethyl adjacent to an activating group) is 2. The first-order valence-corrected chi connectivity index (χ1v) is 49.1. The summed E-state index contributed by atoms with van der Waals surface area (Å²) in [6.07, 6.45) is -2.96. The molecule has 137 heavy (non-hydrogen) atoms. The summed E-state index contributed by atoms with van der Waals surface area (Å²) >= 11 is 2.29. The molecular formula is C95H116F3N17O19S3. The van der Waals surface area contributed by atoms with E-state index in [-0.39, 0.29) is 62.7 Å². The number of aromatic nitrogens is 4.